The molecule has 21 heavy (non-hydrogen) atoms. The highest BCUT2D eigenvalue weighted by molar-refractivity contribution is 5.30. The van der Waals surface area contributed by atoms with Crippen LogP contribution in [0.2, 0.25) is 0 Å². The van der Waals surface area contributed by atoms with Gasteiger partial charge in [0.05, 0.1) is 18.8 Å². The highest BCUT2D eigenvalue weighted by Crippen LogP contribution is 2.61. The van der Waals surface area contributed by atoms with E-state index >= 15 is 0 Å². The monoisotopic (exact) mass is 298 g/mol. The van der Waals surface area contributed by atoms with Crippen molar-refractivity contribution in [3.8, 4) is 0 Å². The van der Waals surface area contributed by atoms with E-state index in [1.165, 1.54) is 12.7 Å². The van der Waals surface area contributed by atoms with Gasteiger partial charge in [0, 0.05) is 7.11 Å². The standard InChI is InChI=1S/C16H26O5/c1-10(2)5-6-12-14(3,21-12)16(18)13(19-4)11(17)7-8-15(16)9-20-15/h5,11-13,17-18H,6-9H2,1-4H3/t11-,12+,13-,14+,15+,16+/m1/s1. The Labute approximate surface area is 125 Å². The summed E-state index contributed by atoms with van der Waals surface area (Å²) in [5.74, 6) is 0. The second kappa shape index (κ2) is 4.77. The molecule has 3 fully saturated rings. The number of hydrogen-bond acceptors (Lipinski definition) is 5. The molecule has 0 aromatic carbocycles. The van der Waals surface area contributed by atoms with Crippen LogP contribution in [-0.4, -0.2) is 59.0 Å². The Morgan fingerprint density at radius 2 is 2.10 bits per heavy atom. The first-order valence-electron chi connectivity index (χ1n) is 7.69. The lowest BCUT2D eigenvalue weighted by molar-refractivity contribution is -0.224. The quantitative estimate of drug-likeness (QED) is 0.602. The molecule has 0 aromatic heterocycles. The smallest absolute Gasteiger partial charge is 0.155 e. The Kier molecular flexibility index (Phi) is 3.50. The van der Waals surface area contributed by atoms with E-state index in [1.54, 1.807) is 0 Å². The SMILES string of the molecule is CO[C@@H]1[C@H](O)CC[C@]2(CO2)[C@@]1(O)[C@@]1(C)O[C@H]1CC=C(C)C. The van der Waals surface area contributed by atoms with Crippen LogP contribution in [-0.2, 0) is 14.2 Å². The molecule has 0 amide bonds. The largest absolute Gasteiger partial charge is 0.390 e. The molecule has 5 heteroatoms. The van der Waals surface area contributed by atoms with Crippen LogP contribution >= 0.6 is 0 Å². The lowest BCUT2D eigenvalue weighted by Crippen LogP contribution is -2.70. The molecule has 0 bridgehead atoms. The van der Waals surface area contributed by atoms with Crippen molar-refractivity contribution in [2.45, 2.75) is 75.1 Å². The maximum Gasteiger partial charge on any atom is 0.155 e. The fourth-order valence-corrected chi connectivity index (χ4v) is 3.99. The summed E-state index contributed by atoms with van der Waals surface area (Å²) < 4.78 is 17.0. The predicted molar refractivity (Wildman–Crippen MR) is 77.0 cm³/mol. The van der Waals surface area contributed by atoms with E-state index in [1.807, 2.05) is 20.8 Å². The van der Waals surface area contributed by atoms with Crippen LogP contribution in [0.1, 0.15) is 40.0 Å². The number of rotatable bonds is 4. The van der Waals surface area contributed by atoms with Crippen molar-refractivity contribution < 1.29 is 24.4 Å². The van der Waals surface area contributed by atoms with Crippen LogP contribution in [0.25, 0.3) is 0 Å². The molecule has 2 saturated heterocycles. The lowest BCUT2D eigenvalue weighted by atomic mass is 9.64. The molecule has 2 aliphatic heterocycles. The highest BCUT2D eigenvalue weighted by Gasteiger charge is 2.81. The third-order valence-corrected chi connectivity index (χ3v) is 5.49. The minimum Gasteiger partial charge on any atom is -0.390 e. The van der Waals surface area contributed by atoms with E-state index in [0.29, 0.717) is 19.4 Å². The van der Waals surface area contributed by atoms with Crippen molar-refractivity contribution in [2.75, 3.05) is 13.7 Å². The van der Waals surface area contributed by atoms with Gasteiger partial charge in [-0.3, -0.25) is 0 Å². The summed E-state index contributed by atoms with van der Waals surface area (Å²) in [7, 11) is 1.52. The summed E-state index contributed by atoms with van der Waals surface area (Å²) >= 11 is 0. The Bertz CT molecular complexity index is 454. The van der Waals surface area contributed by atoms with Gasteiger partial charge in [-0.05, 0) is 40.0 Å². The summed E-state index contributed by atoms with van der Waals surface area (Å²) in [5, 5.41) is 21.7. The average molecular weight is 298 g/mol. The van der Waals surface area contributed by atoms with Gasteiger partial charge < -0.3 is 24.4 Å². The van der Waals surface area contributed by atoms with E-state index in [9.17, 15) is 10.2 Å². The van der Waals surface area contributed by atoms with Crippen molar-refractivity contribution >= 4 is 0 Å². The predicted octanol–water partition coefficient (Wildman–Crippen LogP) is 1.17. The number of epoxide rings is 2. The van der Waals surface area contributed by atoms with Gasteiger partial charge in [0.2, 0.25) is 0 Å². The minimum absolute atomic E-state index is 0.0681. The Balaban J connectivity index is 1.88. The molecule has 0 unspecified atom stereocenters. The van der Waals surface area contributed by atoms with Crippen LogP contribution in [0.3, 0.4) is 0 Å². The van der Waals surface area contributed by atoms with Crippen LogP contribution in [0, 0.1) is 0 Å². The fourth-order valence-electron chi connectivity index (χ4n) is 3.99. The molecular formula is C16H26O5. The maximum absolute atomic E-state index is 11.5. The summed E-state index contributed by atoms with van der Waals surface area (Å²) in [6.07, 6.45) is 2.63. The molecule has 1 spiro atoms. The van der Waals surface area contributed by atoms with Crippen LogP contribution in [0.5, 0.6) is 0 Å². The second-order valence-corrected chi connectivity index (χ2v) is 7.04. The third-order valence-electron chi connectivity index (χ3n) is 5.49. The Morgan fingerprint density at radius 3 is 2.62 bits per heavy atom. The topological polar surface area (TPSA) is 74.8 Å². The number of aliphatic hydroxyl groups is 2. The van der Waals surface area contributed by atoms with Crippen LogP contribution in [0.15, 0.2) is 11.6 Å². The van der Waals surface area contributed by atoms with Gasteiger partial charge >= 0.3 is 0 Å². The van der Waals surface area contributed by atoms with E-state index in [2.05, 4.69) is 6.08 Å². The molecule has 120 valence electrons. The van der Waals surface area contributed by atoms with Crippen LogP contribution in [0.4, 0.5) is 0 Å². The summed E-state index contributed by atoms with van der Waals surface area (Å²) in [5.41, 5.74) is -1.45. The first-order chi connectivity index (χ1) is 9.81. The fraction of sp³-hybridized carbons (Fsp3) is 0.875. The molecule has 3 rings (SSSR count). The van der Waals surface area contributed by atoms with Gasteiger partial charge in [-0.15, -0.1) is 0 Å². The molecule has 0 aromatic rings. The maximum atomic E-state index is 11.5. The zero-order valence-electron chi connectivity index (χ0n) is 13.3. The number of methoxy groups -OCH3 is 1. The zero-order valence-corrected chi connectivity index (χ0v) is 13.3. The van der Waals surface area contributed by atoms with E-state index in [4.69, 9.17) is 14.2 Å². The van der Waals surface area contributed by atoms with Crippen molar-refractivity contribution in [3.05, 3.63) is 11.6 Å². The van der Waals surface area contributed by atoms with Gasteiger partial charge in [-0.1, -0.05) is 11.6 Å². The first kappa shape index (κ1) is 15.4. The van der Waals surface area contributed by atoms with Gasteiger partial charge in [0.1, 0.15) is 17.3 Å². The Morgan fingerprint density at radius 1 is 1.43 bits per heavy atom. The second-order valence-electron chi connectivity index (χ2n) is 7.04. The number of hydrogen-bond donors (Lipinski definition) is 2. The average Bonchev–Trinajstić information content (AvgIpc) is 3.31. The van der Waals surface area contributed by atoms with Crippen molar-refractivity contribution in [3.63, 3.8) is 0 Å². The summed E-state index contributed by atoms with van der Waals surface area (Å²) in [4.78, 5) is 0. The number of aliphatic hydroxyl groups excluding tert-OH is 1. The number of allylic oxidation sites excluding steroid dienone is 1. The van der Waals surface area contributed by atoms with Gasteiger partial charge in [-0.2, -0.15) is 0 Å². The molecule has 6 atom stereocenters. The van der Waals surface area contributed by atoms with E-state index in [-0.39, 0.29) is 6.10 Å². The first-order valence-corrected chi connectivity index (χ1v) is 7.69. The molecule has 1 aliphatic carbocycles. The molecule has 0 radical (unpaired) electrons. The van der Waals surface area contributed by atoms with Crippen molar-refractivity contribution in [1.82, 2.24) is 0 Å². The molecule has 2 heterocycles. The highest BCUT2D eigenvalue weighted by atomic mass is 16.7. The van der Waals surface area contributed by atoms with Crippen LogP contribution < -0.4 is 0 Å². The molecule has 2 N–H and O–H groups in total. The van der Waals surface area contributed by atoms with Crippen molar-refractivity contribution in [2.24, 2.45) is 0 Å². The lowest BCUT2D eigenvalue weighted by Gasteiger charge is -2.48. The van der Waals surface area contributed by atoms with E-state index in [0.717, 1.165) is 6.42 Å². The van der Waals surface area contributed by atoms with E-state index < -0.39 is 29.0 Å². The Hall–Kier alpha value is -0.460. The molecule has 3 aliphatic rings. The number of ether oxygens (including phenoxy) is 3. The molecule has 1 saturated carbocycles. The minimum atomic E-state index is -1.31. The van der Waals surface area contributed by atoms with Crippen molar-refractivity contribution in [1.29, 1.82) is 0 Å². The zero-order chi connectivity index (χ0) is 15.5. The van der Waals surface area contributed by atoms with Gasteiger partial charge in [0.15, 0.2) is 5.60 Å². The molecular weight excluding hydrogens is 272 g/mol. The summed E-state index contributed by atoms with van der Waals surface area (Å²) in [6, 6.07) is 0. The summed E-state index contributed by atoms with van der Waals surface area (Å²) in [6.45, 7) is 6.50. The normalized spacial score (nSPS) is 51.8. The third kappa shape index (κ3) is 2.02. The van der Waals surface area contributed by atoms with Gasteiger partial charge in [0.25, 0.3) is 0 Å². The van der Waals surface area contributed by atoms with Gasteiger partial charge in [-0.25, -0.2) is 0 Å². The molecule has 5 nitrogen and oxygen atoms in total.